The molecule has 0 radical (unpaired) electrons. The van der Waals surface area contributed by atoms with E-state index in [0.717, 1.165) is 6.07 Å². The Kier molecular flexibility index (Phi) is 2.94. The molecule has 0 aliphatic rings. The monoisotopic (exact) mass is 267 g/mol. The van der Waals surface area contributed by atoms with Gasteiger partial charge in [0.25, 0.3) is 12.1 Å². The third kappa shape index (κ3) is 1.95. The molecule has 0 bridgehead atoms. The normalized spacial score (nSPS) is 10.6. The van der Waals surface area contributed by atoms with E-state index in [1.807, 2.05) is 0 Å². The van der Waals surface area contributed by atoms with Gasteiger partial charge in [-0.1, -0.05) is 0 Å². The molecule has 0 saturated heterocycles. The fraction of sp³-hybridized carbons (Fsp3) is 0.167. The Balaban J connectivity index is 3.40. The van der Waals surface area contributed by atoms with Gasteiger partial charge in [0, 0.05) is 0 Å². The topological polar surface area (TPSA) is 82.0 Å². The van der Waals surface area contributed by atoms with Crippen molar-refractivity contribution in [2.45, 2.75) is 6.43 Å². The highest BCUT2D eigenvalue weighted by Crippen LogP contribution is 2.32. The van der Waals surface area contributed by atoms with Crippen LogP contribution in [0.25, 0.3) is 0 Å². The first kappa shape index (κ1) is 10.8. The number of aromatic nitrogens is 1. The third-order valence-corrected chi connectivity index (χ3v) is 1.84. The number of nitro groups is 1. The van der Waals surface area contributed by atoms with Gasteiger partial charge < -0.3 is 5.73 Å². The lowest BCUT2D eigenvalue weighted by Crippen LogP contribution is -2.03. The van der Waals surface area contributed by atoms with Crippen LogP contribution in [0, 0.1) is 10.1 Å². The molecule has 0 atom stereocenters. The van der Waals surface area contributed by atoms with Gasteiger partial charge in [0.1, 0.15) is 16.0 Å². The van der Waals surface area contributed by atoms with E-state index in [2.05, 4.69) is 20.9 Å². The Morgan fingerprint density at radius 1 is 1.64 bits per heavy atom. The molecule has 1 aromatic rings. The molecule has 8 heteroatoms. The molecule has 14 heavy (non-hydrogen) atoms. The maximum Gasteiger partial charge on any atom is 0.296 e. The van der Waals surface area contributed by atoms with Crippen molar-refractivity contribution in [1.29, 1.82) is 0 Å². The lowest BCUT2D eigenvalue weighted by molar-refractivity contribution is -0.384. The number of halogens is 3. The molecule has 0 spiro atoms. The smallest absolute Gasteiger partial charge is 0.296 e. The van der Waals surface area contributed by atoms with Crippen molar-refractivity contribution in [2.75, 3.05) is 5.73 Å². The van der Waals surface area contributed by atoms with E-state index in [-0.39, 0.29) is 4.60 Å². The summed E-state index contributed by atoms with van der Waals surface area (Å²) in [5.74, 6) is 0. The second-order valence-electron chi connectivity index (χ2n) is 2.32. The van der Waals surface area contributed by atoms with E-state index in [4.69, 9.17) is 5.73 Å². The molecule has 76 valence electrons. The van der Waals surface area contributed by atoms with E-state index in [9.17, 15) is 18.9 Å². The Morgan fingerprint density at radius 2 is 2.21 bits per heavy atom. The first-order chi connectivity index (χ1) is 6.43. The second-order valence-corrected chi connectivity index (χ2v) is 3.13. The standard InChI is InChI=1S/C6H4BrF2N3O2/c7-3-1-2(12(13)14)4(10)5(11-3)6(8)9/h1,6H,10H2. The van der Waals surface area contributed by atoms with Gasteiger partial charge in [0.05, 0.1) is 11.0 Å². The average molecular weight is 268 g/mol. The van der Waals surface area contributed by atoms with Crippen LogP contribution >= 0.6 is 15.9 Å². The third-order valence-electron chi connectivity index (χ3n) is 1.44. The van der Waals surface area contributed by atoms with Crippen LogP contribution in [0.5, 0.6) is 0 Å². The van der Waals surface area contributed by atoms with Crippen LogP contribution < -0.4 is 5.73 Å². The maximum atomic E-state index is 12.3. The summed E-state index contributed by atoms with van der Waals surface area (Å²) in [6.07, 6.45) is -2.94. The van der Waals surface area contributed by atoms with Crippen molar-refractivity contribution < 1.29 is 13.7 Å². The molecule has 1 aromatic heterocycles. The van der Waals surface area contributed by atoms with Crippen molar-refractivity contribution in [3.8, 4) is 0 Å². The summed E-state index contributed by atoms with van der Waals surface area (Å²) in [7, 11) is 0. The van der Waals surface area contributed by atoms with Crippen molar-refractivity contribution >= 4 is 27.3 Å². The van der Waals surface area contributed by atoms with E-state index < -0.39 is 28.4 Å². The number of nitrogens with zero attached hydrogens (tertiary/aromatic N) is 2. The lowest BCUT2D eigenvalue weighted by Gasteiger charge is -2.04. The van der Waals surface area contributed by atoms with Crippen LogP contribution in [0.3, 0.4) is 0 Å². The number of pyridine rings is 1. The van der Waals surface area contributed by atoms with Crippen molar-refractivity contribution in [3.05, 3.63) is 26.5 Å². The minimum Gasteiger partial charge on any atom is -0.391 e. The molecule has 0 unspecified atom stereocenters. The number of hydrogen-bond donors (Lipinski definition) is 1. The molecule has 1 heterocycles. The average Bonchev–Trinajstić information content (AvgIpc) is 2.07. The molecule has 0 aliphatic carbocycles. The highest BCUT2D eigenvalue weighted by atomic mass is 79.9. The van der Waals surface area contributed by atoms with E-state index in [1.165, 1.54) is 0 Å². The minimum atomic E-state index is -2.94. The van der Waals surface area contributed by atoms with Gasteiger partial charge in [-0.05, 0) is 15.9 Å². The van der Waals surface area contributed by atoms with Crippen LogP contribution in [0.1, 0.15) is 12.1 Å². The van der Waals surface area contributed by atoms with Crippen molar-refractivity contribution in [2.24, 2.45) is 0 Å². The predicted octanol–water partition coefficient (Wildman–Crippen LogP) is 2.27. The largest absolute Gasteiger partial charge is 0.391 e. The number of rotatable bonds is 2. The molecular formula is C6H4BrF2N3O2. The van der Waals surface area contributed by atoms with Gasteiger partial charge in [0.2, 0.25) is 0 Å². The Bertz CT molecular complexity index is 386. The lowest BCUT2D eigenvalue weighted by atomic mass is 10.2. The zero-order valence-corrected chi connectivity index (χ0v) is 8.16. The van der Waals surface area contributed by atoms with Crippen LogP contribution in [0.15, 0.2) is 10.7 Å². The van der Waals surface area contributed by atoms with Gasteiger partial charge >= 0.3 is 0 Å². The van der Waals surface area contributed by atoms with Crippen LogP contribution in [-0.4, -0.2) is 9.91 Å². The highest BCUT2D eigenvalue weighted by molar-refractivity contribution is 9.10. The summed E-state index contributed by atoms with van der Waals surface area (Å²) in [5, 5.41) is 10.4. The van der Waals surface area contributed by atoms with E-state index in [1.54, 1.807) is 0 Å². The molecule has 2 N–H and O–H groups in total. The van der Waals surface area contributed by atoms with Gasteiger partial charge in [-0.3, -0.25) is 10.1 Å². The minimum absolute atomic E-state index is 0.0475. The van der Waals surface area contributed by atoms with Crippen molar-refractivity contribution in [3.63, 3.8) is 0 Å². The Hall–Kier alpha value is -1.31. The number of nitrogen functional groups attached to an aromatic ring is 1. The number of anilines is 1. The summed E-state index contributed by atoms with van der Waals surface area (Å²) in [6.45, 7) is 0. The van der Waals surface area contributed by atoms with E-state index >= 15 is 0 Å². The van der Waals surface area contributed by atoms with Gasteiger partial charge in [-0.25, -0.2) is 13.8 Å². The van der Waals surface area contributed by atoms with Gasteiger partial charge in [-0.15, -0.1) is 0 Å². The SMILES string of the molecule is Nc1c([N+](=O)[O-])cc(Br)nc1C(F)F. The summed E-state index contributed by atoms with van der Waals surface area (Å²) < 4.78 is 24.5. The Morgan fingerprint density at radius 3 is 2.64 bits per heavy atom. The Labute approximate surface area is 85.2 Å². The fourth-order valence-electron chi connectivity index (χ4n) is 0.847. The van der Waals surface area contributed by atoms with Gasteiger partial charge in [0.15, 0.2) is 0 Å². The number of nitrogens with two attached hydrogens (primary N) is 1. The van der Waals surface area contributed by atoms with Crippen LogP contribution in [-0.2, 0) is 0 Å². The van der Waals surface area contributed by atoms with Crippen LogP contribution in [0.2, 0.25) is 0 Å². The number of hydrogen-bond acceptors (Lipinski definition) is 4. The zero-order valence-electron chi connectivity index (χ0n) is 6.58. The quantitative estimate of drug-likeness (QED) is 0.506. The molecular weight excluding hydrogens is 264 g/mol. The molecule has 0 aliphatic heterocycles. The zero-order chi connectivity index (χ0) is 10.9. The maximum absolute atomic E-state index is 12.3. The van der Waals surface area contributed by atoms with E-state index in [0.29, 0.717) is 0 Å². The molecule has 5 nitrogen and oxygen atoms in total. The molecule has 1 rings (SSSR count). The summed E-state index contributed by atoms with van der Waals surface area (Å²) in [6, 6.07) is 0.973. The predicted molar refractivity (Wildman–Crippen MR) is 48.0 cm³/mol. The number of alkyl halides is 2. The first-order valence-corrected chi connectivity index (χ1v) is 4.11. The molecule has 0 saturated carbocycles. The molecule has 0 amide bonds. The van der Waals surface area contributed by atoms with Crippen molar-refractivity contribution in [1.82, 2.24) is 4.98 Å². The molecule has 0 aromatic carbocycles. The summed E-state index contributed by atoms with van der Waals surface area (Å²) >= 11 is 2.78. The second kappa shape index (κ2) is 3.82. The summed E-state index contributed by atoms with van der Waals surface area (Å²) in [4.78, 5) is 12.9. The highest BCUT2D eigenvalue weighted by Gasteiger charge is 2.23. The first-order valence-electron chi connectivity index (χ1n) is 3.32. The summed E-state index contributed by atoms with van der Waals surface area (Å²) in [5.41, 5.74) is 3.18. The van der Waals surface area contributed by atoms with Gasteiger partial charge in [-0.2, -0.15) is 0 Å². The van der Waals surface area contributed by atoms with Crippen LogP contribution in [0.4, 0.5) is 20.2 Å². The fourth-order valence-corrected chi connectivity index (χ4v) is 1.25. The molecule has 0 fully saturated rings.